The minimum Gasteiger partial charge on any atom is -0.495 e. The van der Waals surface area contributed by atoms with E-state index >= 15 is 0 Å². The van der Waals surface area contributed by atoms with Gasteiger partial charge in [0, 0.05) is 44.8 Å². The molecule has 1 aliphatic heterocycles. The highest BCUT2D eigenvalue weighted by Gasteiger charge is 2.11. The first-order valence-electron chi connectivity index (χ1n) is 6.23. The molecule has 0 aliphatic carbocycles. The van der Waals surface area contributed by atoms with Gasteiger partial charge in [-0.25, -0.2) is 0 Å². The van der Waals surface area contributed by atoms with Gasteiger partial charge in [0.1, 0.15) is 5.75 Å². The van der Waals surface area contributed by atoms with E-state index in [-0.39, 0.29) is 0 Å². The molecule has 1 saturated heterocycles. The zero-order chi connectivity index (χ0) is 12.1. The molecule has 17 heavy (non-hydrogen) atoms. The lowest BCUT2D eigenvalue weighted by atomic mass is 10.2. The third-order valence-corrected chi connectivity index (χ3v) is 3.17. The molecule has 0 unspecified atom stereocenters. The van der Waals surface area contributed by atoms with Gasteiger partial charge in [0.25, 0.3) is 0 Å². The smallest absolute Gasteiger partial charge is 0.140 e. The van der Waals surface area contributed by atoms with Crippen LogP contribution in [0.2, 0.25) is 0 Å². The highest BCUT2D eigenvalue weighted by Crippen LogP contribution is 2.17. The molecule has 0 bridgehead atoms. The topological polar surface area (TPSA) is 37.4 Å². The van der Waals surface area contributed by atoms with Crippen molar-refractivity contribution in [1.82, 2.24) is 15.2 Å². The number of aryl methyl sites for hydroxylation is 1. The van der Waals surface area contributed by atoms with Crippen LogP contribution in [0.4, 0.5) is 0 Å². The van der Waals surface area contributed by atoms with Gasteiger partial charge in [-0.15, -0.1) is 0 Å². The zero-order valence-corrected chi connectivity index (χ0v) is 10.7. The van der Waals surface area contributed by atoms with Crippen molar-refractivity contribution < 1.29 is 4.74 Å². The van der Waals surface area contributed by atoms with E-state index in [1.165, 1.54) is 0 Å². The van der Waals surface area contributed by atoms with Crippen molar-refractivity contribution in [3.05, 3.63) is 23.5 Å². The maximum Gasteiger partial charge on any atom is 0.140 e. The van der Waals surface area contributed by atoms with E-state index in [2.05, 4.69) is 15.2 Å². The first kappa shape index (κ1) is 12.3. The van der Waals surface area contributed by atoms with Crippen molar-refractivity contribution in [2.75, 3.05) is 39.8 Å². The maximum atomic E-state index is 5.35. The van der Waals surface area contributed by atoms with E-state index in [4.69, 9.17) is 4.74 Å². The van der Waals surface area contributed by atoms with Crippen LogP contribution in [0.25, 0.3) is 0 Å². The summed E-state index contributed by atoms with van der Waals surface area (Å²) in [6.45, 7) is 7.54. The van der Waals surface area contributed by atoms with Crippen LogP contribution in [0.5, 0.6) is 5.75 Å². The Hall–Kier alpha value is -1.13. The minimum absolute atomic E-state index is 0.908. The van der Waals surface area contributed by atoms with Crippen LogP contribution in [-0.2, 0) is 6.42 Å². The Labute approximate surface area is 103 Å². The van der Waals surface area contributed by atoms with Gasteiger partial charge in [0.15, 0.2) is 0 Å². The summed E-state index contributed by atoms with van der Waals surface area (Å²) < 4.78 is 5.35. The van der Waals surface area contributed by atoms with Gasteiger partial charge in [-0.05, 0) is 19.1 Å². The number of rotatable bonds is 4. The fourth-order valence-corrected chi connectivity index (χ4v) is 2.16. The number of nitrogens with one attached hydrogen (secondary N) is 1. The minimum atomic E-state index is 0.908. The highest BCUT2D eigenvalue weighted by molar-refractivity contribution is 5.29. The second-order valence-corrected chi connectivity index (χ2v) is 4.44. The molecule has 0 amide bonds. The molecule has 1 aromatic heterocycles. The molecule has 4 heteroatoms. The van der Waals surface area contributed by atoms with E-state index in [9.17, 15) is 0 Å². The number of hydrogen-bond donors (Lipinski definition) is 1. The molecule has 1 N–H and O–H groups in total. The van der Waals surface area contributed by atoms with E-state index in [0.717, 1.165) is 56.3 Å². The van der Waals surface area contributed by atoms with Crippen LogP contribution < -0.4 is 10.1 Å². The van der Waals surface area contributed by atoms with Gasteiger partial charge in [-0.1, -0.05) is 0 Å². The monoisotopic (exact) mass is 235 g/mol. The molecule has 2 rings (SSSR count). The fraction of sp³-hybridized carbons (Fsp3) is 0.615. The molecule has 4 nitrogen and oxygen atoms in total. The Bertz CT molecular complexity index is 362. The summed E-state index contributed by atoms with van der Waals surface area (Å²) in [5, 5.41) is 3.36. The molecule has 0 atom stereocenters. The van der Waals surface area contributed by atoms with Gasteiger partial charge in [0.2, 0.25) is 0 Å². The predicted molar refractivity (Wildman–Crippen MR) is 68.5 cm³/mol. The molecule has 0 spiro atoms. The SMILES string of the molecule is COc1ccc(C)nc1CCN1CCNCC1. The quantitative estimate of drug-likeness (QED) is 0.839. The molecular weight excluding hydrogens is 214 g/mol. The molecule has 0 saturated carbocycles. The highest BCUT2D eigenvalue weighted by atomic mass is 16.5. The van der Waals surface area contributed by atoms with Gasteiger partial charge in [0.05, 0.1) is 12.8 Å². The molecule has 94 valence electrons. The number of piperazine rings is 1. The number of ether oxygens (including phenoxy) is 1. The summed E-state index contributed by atoms with van der Waals surface area (Å²) in [5.41, 5.74) is 2.13. The molecule has 2 heterocycles. The van der Waals surface area contributed by atoms with Crippen LogP contribution in [0.3, 0.4) is 0 Å². The van der Waals surface area contributed by atoms with E-state index in [0.29, 0.717) is 0 Å². The molecule has 0 radical (unpaired) electrons. The number of methoxy groups -OCH3 is 1. The third kappa shape index (κ3) is 3.41. The Kier molecular flexibility index (Phi) is 4.34. The van der Waals surface area contributed by atoms with E-state index in [1.54, 1.807) is 7.11 Å². The standard InChI is InChI=1S/C13H21N3O/c1-11-3-4-13(17-2)12(15-11)5-8-16-9-6-14-7-10-16/h3-4,14H,5-10H2,1-2H3. The second-order valence-electron chi connectivity index (χ2n) is 4.44. The average Bonchev–Trinajstić information content (AvgIpc) is 2.38. The van der Waals surface area contributed by atoms with Crippen molar-refractivity contribution in [2.24, 2.45) is 0 Å². The van der Waals surface area contributed by atoms with Gasteiger partial charge >= 0.3 is 0 Å². The summed E-state index contributed by atoms with van der Waals surface area (Å²) in [6.07, 6.45) is 0.963. The molecule has 1 aromatic rings. The third-order valence-electron chi connectivity index (χ3n) is 3.17. The van der Waals surface area contributed by atoms with Crippen molar-refractivity contribution in [3.63, 3.8) is 0 Å². The van der Waals surface area contributed by atoms with Crippen LogP contribution in [0.1, 0.15) is 11.4 Å². The maximum absolute atomic E-state index is 5.35. The second kappa shape index (κ2) is 5.98. The van der Waals surface area contributed by atoms with E-state index < -0.39 is 0 Å². The first-order chi connectivity index (χ1) is 8.29. The number of pyridine rings is 1. The van der Waals surface area contributed by atoms with Crippen LogP contribution >= 0.6 is 0 Å². The largest absolute Gasteiger partial charge is 0.495 e. The normalized spacial score (nSPS) is 17.1. The van der Waals surface area contributed by atoms with Crippen LogP contribution in [0, 0.1) is 6.92 Å². The summed E-state index contributed by atoms with van der Waals surface area (Å²) in [7, 11) is 1.71. The lowest BCUT2D eigenvalue weighted by molar-refractivity contribution is 0.242. The Morgan fingerprint density at radius 1 is 1.35 bits per heavy atom. The van der Waals surface area contributed by atoms with Crippen molar-refractivity contribution >= 4 is 0 Å². The van der Waals surface area contributed by atoms with E-state index in [1.807, 2.05) is 19.1 Å². The number of aromatic nitrogens is 1. The average molecular weight is 235 g/mol. The predicted octanol–water partition coefficient (Wildman–Crippen LogP) is 0.846. The van der Waals surface area contributed by atoms with Gasteiger partial charge < -0.3 is 15.0 Å². The number of hydrogen-bond acceptors (Lipinski definition) is 4. The fourth-order valence-electron chi connectivity index (χ4n) is 2.16. The van der Waals surface area contributed by atoms with Gasteiger partial charge in [-0.3, -0.25) is 4.98 Å². The van der Waals surface area contributed by atoms with Crippen LogP contribution in [0.15, 0.2) is 12.1 Å². The Morgan fingerprint density at radius 2 is 2.12 bits per heavy atom. The lowest BCUT2D eigenvalue weighted by Gasteiger charge is -2.27. The summed E-state index contributed by atoms with van der Waals surface area (Å²) in [4.78, 5) is 7.03. The van der Waals surface area contributed by atoms with Crippen molar-refractivity contribution in [2.45, 2.75) is 13.3 Å². The summed E-state index contributed by atoms with van der Waals surface area (Å²) >= 11 is 0. The Morgan fingerprint density at radius 3 is 2.82 bits per heavy atom. The zero-order valence-electron chi connectivity index (χ0n) is 10.7. The van der Waals surface area contributed by atoms with Crippen molar-refractivity contribution in [1.29, 1.82) is 0 Å². The summed E-state index contributed by atoms with van der Waals surface area (Å²) in [5.74, 6) is 0.908. The molecule has 1 aliphatic rings. The van der Waals surface area contributed by atoms with Gasteiger partial charge in [-0.2, -0.15) is 0 Å². The van der Waals surface area contributed by atoms with Crippen LogP contribution in [-0.4, -0.2) is 49.7 Å². The van der Waals surface area contributed by atoms with Crippen molar-refractivity contribution in [3.8, 4) is 5.75 Å². The lowest BCUT2D eigenvalue weighted by Crippen LogP contribution is -2.44. The Balaban J connectivity index is 1.95. The molecule has 1 fully saturated rings. The molecular formula is C13H21N3O. The molecule has 0 aromatic carbocycles. The number of nitrogens with zero attached hydrogens (tertiary/aromatic N) is 2. The first-order valence-corrected chi connectivity index (χ1v) is 6.23. The summed E-state index contributed by atoms with van der Waals surface area (Å²) in [6, 6.07) is 4.00.